The molecule has 2 aliphatic rings. The number of benzene rings is 1. The monoisotopic (exact) mass is 251 g/mol. The molecular weight excluding hydrogens is 242 g/mol. The minimum absolute atomic E-state index is 0.107. The fraction of sp³-hybridized carbons (Fsp3) is 0.333. The van der Waals surface area contributed by atoms with E-state index in [1.165, 1.54) is 0 Å². The Labute approximate surface area is 103 Å². The zero-order chi connectivity index (χ0) is 12.2. The van der Waals surface area contributed by atoms with Crippen LogP contribution in [0.3, 0.4) is 0 Å². The highest BCUT2D eigenvalue weighted by Crippen LogP contribution is 2.53. The fourth-order valence-corrected chi connectivity index (χ4v) is 2.65. The third-order valence-electron chi connectivity index (χ3n) is 3.48. The molecule has 1 fully saturated rings. The lowest BCUT2D eigenvalue weighted by Gasteiger charge is -2.15. The van der Waals surface area contributed by atoms with Crippen molar-refractivity contribution in [3.8, 4) is 0 Å². The third kappa shape index (κ3) is 1.44. The number of halogens is 1. The molecule has 0 saturated heterocycles. The van der Waals surface area contributed by atoms with Gasteiger partial charge in [0.2, 0.25) is 5.91 Å². The van der Waals surface area contributed by atoms with Gasteiger partial charge in [-0.3, -0.25) is 9.59 Å². The molecule has 4 nitrogen and oxygen atoms in total. The number of hydrogen-bond acceptors (Lipinski definition) is 2. The van der Waals surface area contributed by atoms with Crippen LogP contribution in [0.1, 0.15) is 24.0 Å². The smallest absolute Gasteiger partial charge is 0.314 e. The van der Waals surface area contributed by atoms with Crippen molar-refractivity contribution in [3.05, 3.63) is 28.3 Å². The first-order chi connectivity index (χ1) is 8.03. The van der Waals surface area contributed by atoms with Crippen LogP contribution in [0.2, 0.25) is 5.02 Å². The van der Waals surface area contributed by atoms with Gasteiger partial charge in [0.25, 0.3) is 0 Å². The van der Waals surface area contributed by atoms with E-state index in [1.807, 2.05) is 0 Å². The lowest BCUT2D eigenvalue weighted by Crippen LogP contribution is -2.21. The Bertz CT molecular complexity index is 549. The molecule has 17 heavy (non-hydrogen) atoms. The molecule has 0 atom stereocenters. The highest BCUT2D eigenvalue weighted by molar-refractivity contribution is 6.31. The molecule has 3 rings (SSSR count). The molecule has 1 aromatic rings. The largest absolute Gasteiger partial charge is 0.481 e. The molecule has 1 aromatic carbocycles. The summed E-state index contributed by atoms with van der Waals surface area (Å²) in [7, 11) is 0. The summed E-state index contributed by atoms with van der Waals surface area (Å²) in [5.41, 5.74) is 1.26. The third-order valence-corrected chi connectivity index (χ3v) is 3.69. The van der Waals surface area contributed by atoms with Gasteiger partial charge in [-0.2, -0.15) is 0 Å². The zero-order valence-corrected chi connectivity index (χ0v) is 9.67. The summed E-state index contributed by atoms with van der Waals surface area (Å²) in [6, 6.07) is 3.38. The van der Waals surface area contributed by atoms with Crippen molar-refractivity contribution >= 4 is 29.2 Å². The van der Waals surface area contributed by atoms with Gasteiger partial charge in [0.15, 0.2) is 0 Å². The van der Waals surface area contributed by atoms with Crippen LogP contribution < -0.4 is 5.32 Å². The van der Waals surface area contributed by atoms with Gasteiger partial charge in [-0.15, -0.1) is 0 Å². The van der Waals surface area contributed by atoms with Gasteiger partial charge in [-0.05, 0) is 36.1 Å². The van der Waals surface area contributed by atoms with Gasteiger partial charge < -0.3 is 10.4 Å². The molecule has 0 radical (unpaired) electrons. The molecule has 1 heterocycles. The Kier molecular flexibility index (Phi) is 2.01. The lowest BCUT2D eigenvalue weighted by molar-refractivity contribution is -0.140. The summed E-state index contributed by atoms with van der Waals surface area (Å²) in [6.07, 6.45) is 1.48. The minimum Gasteiger partial charge on any atom is -0.481 e. The van der Waals surface area contributed by atoms with Crippen LogP contribution in [0.5, 0.6) is 0 Å². The van der Waals surface area contributed by atoms with E-state index in [2.05, 4.69) is 5.32 Å². The highest BCUT2D eigenvalue weighted by Gasteiger charge is 2.53. The molecular formula is C12H10ClNO3. The Balaban J connectivity index is 2.19. The normalized spacial score (nSPS) is 19.7. The molecule has 0 aromatic heterocycles. The Morgan fingerprint density at radius 1 is 1.41 bits per heavy atom. The number of aliphatic carboxylic acids is 1. The van der Waals surface area contributed by atoms with E-state index in [-0.39, 0.29) is 12.3 Å². The zero-order valence-electron chi connectivity index (χ0n) is 8.92. The fourth-order valence-electron chi connectivity index (χ4n) is 2.41. The molecule has 1 saturated carbocycles. The van der Waals surface area contributed by atoms with E-state index in [0.717, 1.165) is 5.56 Å². The summed E-state index contributed by atoms with van der Waals surface area (Å²) in [6.45, 7) is 0. The number of carbonyl (C=O) groups excluding carboxylic acids is 1. The van der Waals surface area contributed by atoms with Gasteiger partial charge in [0, 0.05) is 10.7 Å². The van der Waals surface area contributed by atoms with Crippen LogP contribution in [0.25, 0.3) is 0 Å². The number of amides is 1. The number of hydrogen-bond donors (Lipinski definition) is 2. The van der Waals surface area contributed by atoms with Gasteiger partial charge in [0.1, 0.15) is 0 Å². The summed E-state index contributed by atoms with van der Waals surface area (Å²) in [5.74, 6) is -0.951. The molecule has 0 unspecified atom stereocenters. The predicted molar refractivity (Wildman–Crippen MR) is 62.3 cm³/mol. The van der Waals surface area contributed by atoms with Gasteiger partial charge >= 0.3 is 5.97 Å². The van der Waals surface area contributed by atoms with Gasteiger partial charge in [-0.1, -0.05) is 11.6 Å². The van der Waals surface area contributed by atoms with Crippen molar-refractivity contribution in [2.75, 3.05) is 5.32 Å². The molecule has 88 valence electrons. The number of anilines is 1. The van der Waals surface area contributed by atoms with E-state index in [9.17, 15) is 14.7 Å². The predicted octanol–water partition coefficient (Wildman–Crippen LogP) is 1.95. The average Bonchev–Trinajstić information content (AvgIpc) is 2.96. The van der Waals surface area contributed by atoms with Crippen LogP contribution >= 0.6 is 11.6 Å². The number of carboxylic acids is 1. The van der Waals surface area contributed by atoms with Crippen molar-refractivity contribution in [1.29, 1.82) is 0 Å². The van der Waals surface area contributed by atoms with E-state index < -0.39 is 11.4 Å². The van der Waals surface area contributed by atoms with Crippen molar-refractivity contribution < 1.29 is 14.7 Å². The Morgan fingerprint density at radius 2 is 2.12 bits per heavy atom. The maximum atomic E-state index is 11.4. The van der Waals surface area contributed by atoms with Gasteiger partial charge in [-0.25, -0.2) is 0 Å². The number of carboxylic acid groups (broad SMARTS) is 1. The maximum absolute atomic E-state index is 11.4. The number of rotatable bonds is 2. The number of nitrogens with one attached hydrogen (secondary N) is 1. The molecule has 1 amide bonds. The van der Waals surface area contributed by atoms with E-state index in [4.69, 9.17) is 11.6 Å². The molecule has 5 heteroatoms. The van der Waals surface area contributed by atoms with Gasteiger partial charge in [0.05, 0.1) is 11.8 Å². The first-order valence-electron chi connectivity index (χ1n) is 5.39. The SMILES string of the molecule is O=C1Cc2cc(Cl)cc(C3(C(=O)O)CC3)c2N1. The highest BCUT2D eigenvalue weighted by atomic mass is 35.5. The van der Waals surface area contributed by atoms with E-state index in [1.54, 1.807) is 12.1 Å². The van der Waals surface area contributed by atoms with Crippen molar-refractivity contribution in [2.24, 2.45) is 0 Å². The summed E-state index contributed by atoms with van der Waals surface area (Å²) < 4.78 is 0. The minimum atomic E-state index is -0.844. The average molecular weight is 252 g/mol. The van der Waals surface area contributed by atoms with Crippen LogP contribution in [-0.2, 0) is 21.4 Å². The topological polar surface area (TPSA) is 66.4 Å². The molecule has 2 N–H and O–H groups in total. The lowest BCUT2D eigenvalue weighted by atomic mass is 9.92. The first kappa shape index (κ1) is 10.6. The van der Waals surface area contributed by atoms with Crippen molar-refractivity contribution in [3.63, 3.8) is 0 Å². The second-order valence-corrected chi connectivity index (χ2v) is 5.04. The van der Waals surface area contributed by atoms with Crippen molar-refractivity contribution in [1.82, 2.24) is 0 Å². The Hall–Kier alpha value is -1.55. The quantitative estimate of drug-likeness (QED) is 0.844. The van der Waals surface area contributed by atoms with E-state index in [0.29, 0.717) is 29.1 Å². The van der Waals surface area contributed by atoms with Crippen LogP contribution in [0.4, 0.5) is 5.69 Å². The Morgan fingerprint density at radius 3 is 2.71 bits per heavy atom. The number of carbonyl (C=O) groups is 2. The number of fused-ring (bicyclic) bond motifs is 1. The maximum Gasteiger partial charge on any atom is 0.314 e. The summed E-state index contributed by atoms with van der Waals surface area (Å²) in [4.78, 5) is 22.7. The molecule has 0 spiro atoms. The first-order valence-corrected chi connectivity index (χ1v) is 5.77. The van der Waals surface area contributed by atoms with Crippen LogP contribution in [0.15, 0.2) is 12.1 Å². The molecule has 1 aliphatic heterocycles. The van der Waals surface area contributed by atoms with Crippen LogP contribution in [-0.4, -0.2) is 17.0 Å². The molecule has 1 aliphatic carbocycles. The van der Waals surface area contributed by atoms with Crippen molar-refractivity contribution in [2.45, 2.75) is 24.7 Å². The van der Waals surface area contributed by atoms with Crippen LogP contribution in [0, 0.1) is 0 Å². The second kappa shape index (κ2) is 3.23. The summed E-state index contributed by atoms with van der Waals surface area (Å²) in [5, 5.41) is 12.5. The standard InChI is InChI=1S/C12H10ClNO3/c13-7-3-6-4-9(15)14-10(6)8(5-7)12(1-2-12)11(16)17/h3,5H,1-2,4H2,(H,14,15)(H,16,17). The summed E-state index contributed by atoms with van der Waals surface area (Å²) >= 11 is 5.98. The van der Waals surface area contributed by atoms with E-state index >= 15 is 0 Å². The second-order valence-electron chi connectivity index (χ2n) is 4.60. The molecule has 0 bridgehead atoms.